The number of hydrogen-bond acceptors (Lipinski definition) is 5. The standard InChI is InChI=1S/C20H27N3O4S2/c1-22(2)29(26,27)18-13-11-17(12-14-18)28(24,25)21-19-9-4-5-10-20(19)23(3)15-16-7-6-8-16/h4-5,9-14,16,21H,6-8,15H2,1-3H3. The summed E-state index contributed by atoms with van der Waals surface area (Å²) in [5, 5.41) is 0. The van der Waals surface area contributed by atoms with E-state index in [1.807, 2.05) is 19.2 Å². The summed E-state index contributed by atoms with van der Waals surface area (Å²) in [4.78, 5) is 2.13. The van der Waals surface area contributed by atoms with E-state index in [2.05, 4.69) is 9.62 Å². The highest BCUT2D eigenvalue weighted by Crippen LogP contribution is 2.32. The van der Waals surface area contributed by atoms with Crippen molar-refractivity contribution >= 4 is 31.4 Å². The molecule has 0 bridgehead atoms. The Labute approximate surface area is 173 Å². The molecule has 29 heavy (non-hydrogen) atoms. The van der Waals surface area contributed by atoms with Crippen LogP contribution in [0.25, 0.3) is 0 Å². The van der Waals surface area contributed by atoms with Crippen LogP contribution < -0.4 is 9.62 Å². The zero-order valence-electron chi connectivity index (χ0n) is 16.9. The first-order chi connectivity index (χ1) is 13.6. The lowest BCUT2D eigenvalue weighted by molar-refractivity contribution is 0.321. The van der Waals surface area contributed by atoms with Crippen molar-refractivity contribution in [3.63, 3.8) is 0 Å². The summed E-state index contributed by atoms with van der Waals surface area (Å²) in [6.45, 7) is 0.885. The van der Waals surface area contributed by atoms with E-state index in [4.69, 9.17) is 0 Å². The van der Waals surface area contributed by atoms with Crippen molar-refractivity contribution in [3.8, 4) is 0 Å². The average Bonchev–Trinajstić information content (AvgIpc) is 2.64. The molecule has 0 heterocycles. The van der Waals surface area contributed by atoms with E-state index >= 15 is 0 Å². The second kappa shape index (κ2) is 8.33. The quantitative estimate of drug-likeness (QED) is 0.686. The number of sulfonamides is 2. The molecule has 0 amide bonds. The fourth-order valence-corrected chi connectivity index (χ4v) is 5.24. The van der Waals surface area contributed by atoms with Gasteiger partial charge in [0.05, 0.1) is 21.2 Å². The van der Waals surface area contributed by atoms with Gasteiger partial charge in [-0.3, -0.25) is 4.72 Å². The molecule has 1 saturated carbocycles. The molecule has 1 fully saturated rings. The molecule has 2 aromatic rings. The Balaban J connectivity index is 1.83. The molecule has 0 aliphatic heterocycles. The minimum absolute atomic E-state index is 0.00616. The molecule has 3 rings (SSSR count). The van der Waals surface area contributed by atoms with Gasteiger partial charge in [0, 0.05) is 27.7 Å². The Morgan fingerprint density at radius 3 is 2.03 bits per heavy atom. The highest BCUT2D eigenvalue weighted by molar-refractivity contribution is 7.92. The third-order valence-electron chi connectivity index (χ3n) is 5.23. The number of anilines is 2. The summed E-state index contributed by atoms with van der Waals surface area (Å²) in [7, 11) is -2.65. The maximum atomic E-state index is 12.9. The lowest BCUT2D eigenvalue weighted by atomic mass is 9.85. The Morgan fingerprint density at radius 1 is 0.897 bits per heavy atom. The molecule has 0 radical (unpaired) electrons. The molecule has 0 unspecified atom stereocenters. The van der Waals surface area contributed by atoms with Crippen LogP contribution in [-0.2, 0) is 20.0 Å². The Bertz CT molecular complexity index is 1060. The van der Waals surface area contributed by atoms with Crippen LogP contribution in [0.5, 0.6) is 0 Å². The minimum Gasteiger partial charge on any atom is -0.373 e. The predicted octanol–water partition coefficient (Wildman–Crippen LogP) is 2.97. The zero-order chi connectivity index (χ0) is 21.2. The van der Waals surface area contributed by atoms with Crippen LogP contribution in [0, 0.1) is 5.92 Å². The average molecular weight is 438 g/mol. The maximum Gasteiger partial charge on any atom is 0.261 e. The van der Waals surface area contributed by atoms with E-state index in [9.17, 15) is 16.8 Å². The van der Waals surface area contributed by atoms with Crippen LogP contribution in [-0.4, -0.2) is 48.8 Å². The molecule has 0 spiro atoms. The van der Waals surface area contributed by atoms with Crippen molar-refractivity contribution in [2.24, 2.45) is 5.92 Å². The second-order valence-corrected chi connectivity index (χ2v) is 11.4. The Hall–Kier alpha value is -2.10. The summed E-state index contributed by atoms with van der Waals surface area (Å²) in [5.74, 6) is 0.649. The van der Waals surface area contributed by atoms with Crippen molar-refractivity contribution in [2.75, 3.05) is 37.3 Å². The zero-order valence-corrected chi connectivity index (χ0v) is 18.5. The number of benzene rings is 2. The topological polar surface area (TPSA) is 86.8 Å². The Morgan fingerprint density at radius 2 is 1.48 bits per heavy atom. The van der Waals surface area contributed by atoms with E-state index in [0.717, 1.165) is 16.5 Å². The first-order valence-electron chi connectivity index (χ1n) is 9.47. The second-order valence-electron chi connectivity index (χ2n) is 7.56. The molecule has 9 heteroatoms. The summed E-state index contributed by atoms with van der Waals surface area (Å²) in [6.07, 6.45) is 3.67. The minimum atomic E-state index is -3.86. The fourth-order valence-electron chi connectivity index (χ4n) is 3.26. The van der Waals surface area contributed by atoms with Gasteiger partial charge in [-0.1, -0.05) is 18.6 Å². The molecule has 7 nitrogen and oxygen atoms in total. The van der Waals surface area contributed by atoms with Gasteiger partial charge in [-0.2, -0.15) is 0 Å². The van der Waals surface area contributed by atoms with E-state index in [1.54, 1.807) is 12.1 Å². The molecule has 2 aromatic carbocycles. The van der Waals surface area contributed by atoms with Crippen LogP contribution in [0.4, 0.5) is 11.4 Å². The number of hydrogen-bond donors (Lipinski definition) is 1. The summed E-state index contributed by atoms with van der Waals surface area (Å²) in [5.41, 5.74) is 1.31. The SMILES string of the molecule is CN(CC1CCC1)c1ccccc1NS(=O)(=O)c1ccc(S(=O)(=O)N(C)C)cc1. The van der Waals surface area contributed by atoms with Gasteiger partial charge in [0.15, 0.2) is 0 Å². The molecule has 0 atom stereocenters. The smallest absolute Gasteiger partial charge is 0.261 e. The largest absolute Gasteiger partial charge is 0.373 e. The molecule has 1 aliphatic rings. The normalized spacial score (nSPS) is 15.2. The summed E-state index contributed by atoms with van der Waals surface area (Å²) >= 11 is 0. The van der Waals surface area contributed by atoms with E-state index in [0.29, 0.717) is 11.6 Å². The first kappa shape index (κ1) is 21.6. The lowest BCUT2D eigenvalue weighted by Gasteiger charge is -2.32. The van der Waals surface area contributed by atoms with E-state index in [-0.39, 0.29) is 9.79 Å². The van der Waals surface area contributed by atoms with Crippen LogP contribution in [0.1, 0.15) is 19.3 Å². The van der Waals surface area contributed by atoms with E-state index < -0.39 is 20.0 Å². The first-order valence-corrected chi connectivity index (χ1v) is 12.4. The number of rotatable bonds is 8. The van der Waals surface area contributed by atoms with Crippen molar-refractivity contribution in [2.45, 2.75) is 29.1 Å². The highest BCUT2D eigenvalue weighted by Gasteiger charge is 2.23. The third-order valence-corrected chi connectivity index (χ3v) is 8.44. The van der Waals surface area contributed by atoms with Crippen LogP contribution in [0.15, 0.2) is 58.3 Å². The highest BCUT2D eigenvalue weighted by atomic mass is 32.2. The third kappa shape index (κ3) is 4.73. The van der Waals surface area contributed by atoms with Crippen molar-refractivity contribution in [3.05, 3.63) is 48.5 Å². The van der Waals surface area contributed by atoms with Gasteiger partial charge in [-0.05, 0) is 55.2 Å². The monoisotopic (exact) mass is 437 g/mol. The van der Waals surface area contributed by atoms with Gasteiger partial charge in [-0.25, -0.2) is 21.1 Å². The van der Waals surface area contributed by atoms with Crippen LogP contribution >= 0.6 is 0 Å². The van der Waals surface area contributed by atoms with Gasteiger partial charge in [0.2, 0.25) is 10.0 Å². The van der Waals surface area contributed by atoms with Crippen molar-refractivity contribution < 1.29 is 16.8 Å². The van der Waals surface area contributed by atoms with Gasteiger partial charge in [0.1, 0.15) is 0 Å². The molecule has 158 valence electrons. The summed E-state index contributed by atoms with van der Waals surface area (Å²) < 4.78 is 53.8. The number of nitrogens with one attached hydrogen (secondary N) is 1. The van der Waals surface area contributed by atoms with Crippen LogP contribution in [0.3, 0.4) is 0 Å². The Kier molecular flexibility index (Phi) is 6.21. The molecule has 1 aliphatic carbocycles. The lowest BCUT2D eigenvalue weighted by Crippen LogP contribution is -2.30. The van der Waals surface area contributed by atoms with Gasteiger partial charge >= 0.3 is 0 Å². The van der Waals surface area contributed by atoms with Crippen molar-refractivity contribution in [1.82, 2.24) is 4.31 Å². The van der Waals surface area contributed by atoms with E-state index in [1.165, 1.54) is 57.6 Å². The van der Waals surface area contributed by atoms with Crippen LogP contribution in [0.2, 0.25) is 0 Å². The fraction of sp³-hybridized carbons (Fsp3) is 0.400. The summed E-state index contributed by atoms with van der Waals surface area (Å²) in [6, 6.07) is 12.5. The van der Waals surface area contributed by atoms with Gasteiger partial charge in [-0.15, -0.1) is 0 Å². The van der Waals surface area contributed by atoms with Gasteiger partial charge < -0.3 is 4.90 Å². The van der Waals surface area contributed by atoms with Crippen molar-refractivity contribution in [1.29, 1.82) is 0 Å². The predicted molar refractivity (Wildman–Crippen MR) is 115 cm³/mol. The molecule has 0 saturated heterocycles. The number of nitrogens with zero attached hydrogens (tertiary/aromatic N) is 2. The molecular weight excluding hydrogens is 410 g/mol. The molecule has 0 aromatic heterocycles. The van der Waals surface area contributed by atoms with Gasteiger partial charge in [0.25, 0.3) is 10.0 Å². The molecule has 1 N–H and O–H groups in total. The maximum absolute atomic E-state index is 12.9. The molecular formula is C20H27N3O4S2. The number of para-hydroxylation sites is 2.